The summed E-state index contributed by atoms with van der Waals surface area (Å²) in [6.07, 6.45) is 0. The first-order valence-electron chi connectivity index (χ1n) is 9.45. The molecule has 0 bridgehead atoms. The molecule has 0 aliphatic heterocycles. The number of rotatable bonds is 5. The molecule has 150 valence electrons. The van der Waals surface area contributed by atoms with Gasteiger partial charge in [-0.25, -0.2) is 17.9 Å². The summed E-state index contributed by atoms with van der Waals surface area (Å²) in [4.78, 5) is 12.7. The number of fused-ring (bicyclic) bond motifs is 1. The summed E-state index contributed by atoms with van der Waals surface area (Å²) < 4.78 is 27.7. The lowest BCUT2D eigenvalue weighted by molar-refractivity contribution is 0.243. The van der Waals surface area contributed by atoms with E-state index in [9.17, 15) is 13.2 Å². The molecule has 0 saturated heterocycles. The van der Waals surface area contributed by atoms with Crippen LogP contribution in [0.4, 0.5) is 4.79 Å². The number of carbonyl (C=O) groups is 1. The number of hydrogen-bond acceptors (Lipinski definition) is 3. The summed E-state index contributed by atoms with van der Waals surface area (Å²) in [6, 6.07) is 29.7. The highest BCUT2D eigenvalue weighted by molar-refractivity contribution is 7.90. The Kier molecular flexibility index (Phi) is 5.50. The van der Waals surface area contributed by atoms with Crippen molar-refractivity contribution < 1.29 is 13.2 Å². The van der Waals surface area contributed by atoms with Crippen LogP contribution in [0.2, 0.25) is 0 Å². The first-order valence-corrected chi connectivity index (χ1v) is 10.9. The Morgan fingerprint density at radius 1 is 0.667 bits per heavy atom. The maximum atomic E-state index is 12.8. The van der Waals surface area contributed by atoms with Gasteiger partial charge in [-0.1, -0.05) is 91.0 Å². The normalized spacial score (nSPS) is 11.4. The topological polar surface area (TPSA) is 75.3 Å². The van der Waals surface area contributed by atoms with Crippen LogP contribution in [0.3, 0.4) is 0 Å². The summed E-state index contributed by atoms with van der Waals surface area (Å²) in [6.45, 7) is 0. The van der Waals surface area contributed by atoms with E-state index in [-0.39, 0.29) is 4.90 Å². The van der Waals surface area contributed by atoms with Gasteiger partial charge < -0.3 is 5.32 Å². The predicted octanol–water partition coefficient (Wildman–Crippen LogP) is 4.62. The van der Waals surface area contributed by atoms with Crippen LogP contribution in [-0.4, -0.2) is 14.4 Å². The first kappa shape index (κ1) is 19.7. The standard InChI is InChI=1S/C24H20N2O3S/c27-24(25-23(19-10-3-1-4-11-19)20-12-5-2-6-13-20)26-30(28,29)22-16-15-18-9-7-8-14-21(18)17-22/h1-17,23H,(H2,25,26,27). The summed E-state index contributed by atoms with van der Waals surface area (Å²) >= 11 is 0. The Balaban J connectivity index is 1.58. The number of amides is 2. The van der Waals surface area contributed by atoms with Crippen LogP contribution < -0.4 is 10.0 Å². The van der Waals surface area contributed by atoms with Crippen molar-refractivity contribution in [3.8, 4) is 0 Å². The van der Waals surface area contributed by atoms with Crippen molar-refractivity contribution in [2.75, 3.05) is 0 Å². The highest BCUT2D eigenvalue weighted by Gasteiger charge is 2.22. The van der Waals surface area contributed by atoms with Gasteiger partial charge in [-0.05, 0) is 34.0 Å². The zero-order valence-electron chi connectivity index (χ0n) is 16.0. The van der Waals surface area contributed by atoms with Crippen LogP contribution in [0.25, 0.3) is 10.8 Å². The van der Waals surface area contributed by atoms with Gasteiger partial charge in [-0.3, -0.25) is 0 Å². The van der Waals surface area contributed by atoms with Crippen LogP contribution in [0, 0.1) is 0 Å². The molecule has 0 fully saturated rings. The second-order valence-corrected chi connectivity index (χ2v) is 8.52. The van der Waals surface area contributed by atoms with Crippen LogP contribution in [0.1, 0.15) is 17.2 Å². The largest absolute Gasteiger partial charge is 0.329 e. The average molecular weight is 417 g/mol. The smallest absolute Gasteiger partial charge is 0.326 e. The number of hydrogen-bond donors (Lipinski definition) is 2. The van der Waals surface area contributed by atoms with Gasteiger partial charge in [-0.15, -0.1) is 0 Å². The minimum absolute atomic E-state index is 0.0346. The van der Waals surface area contributed by atoms with Gasteiger partial charge in [0.25, 0.3) is 10.0 Å². The zero-order chi connectivity index (χ0) is 21.0. The first-order chi connectivity index (χ1) is 14.5. The van der Waals surface area contributed by atoms with Crippen LogP contribution in [0.15, 0.2) is 108 Å². The fraction of sp³-hybridized carbons (Fsp3) is 0.0417. The van der Waals surface area contributed by atoms with Crippen LogP contribution >= 0.6 is 0 Å². The van der Waals surface area contributed by atoms with Crippen molar-refractivity contribution in [1.82, 2.24) is 10.0 Å². The molecule has 6 heteroatoms. The molecule has 4 aromatic rings. The lowest BCUT2D eigenvalue weighted by Crippen LogP contribution is -2.41. The van der Waals surface area contributed by atoms with Crippen molar-refractivity contribution in [2.45, 2.75) is 10.9 Å². The fourth-order valence-corrected chi connectivity index (χ4v) is 4.28. The molecule has 0 aromatic heterocycles. The molecule has 2 N–H and O–H groups in total. The van der Waals surface area contributed by atoms with E-state index >= 15 is 0 Å². The van der Waals surface area contributed by atoms with Gasteiger partial charge in [0.15, 0.2) is 0 Å². The summed E-state index contributed by atoms with van der Waals surface area (Å²) in [5.41, 5.74) is 1.70. The Bertz CT molecular complexity index is 1230. The Hall–Kier alpha value is -3.64. The van der Waals surface area contributed by atoms with E-state index < -0.39 is 22.1 Å². The van der Waals surface area contributed by atoms with E-state index in [4.69, 9.17) is 0 Å². The van der Waals surface area contributed by atoms with Gasteiger partial charge in [0.1, 0.15) is 0 Å². The van der Waals surface area contributed by atoms with Gasteiger partial charge in [0, 0.05) is 0 Å². The van der Waals surface area contributed by atoms with E-state index in [1.807, 2.05) is 84.9 Å². The highest BCUT2D eigenvalue weighted by Crippen LogP contribution is 2.22. The molecule has 0 unspecified atom stereocenters. The van der Waals surface area contributed by atoms with E-state index in [1.54, 1.807) is 12.1 Å². The molecule has 4 aromatic carbocycles. The molecule has 0 heterocycles. The summed E-state index contributed by atoms with van der Waals surface area (Å²) in [5, 5.41) is 4.49. The maximum Gasteiger partial charge on any atom is 0.329 e. The van der Waals surface area contributed by atoms with E-state index in [0.717, 1.165) is 21.9 Å². The number of sulfonamides is 1. The third-order valence-corrected chi connectivity index (χ3v) is 6.13. The summed E-state index contributed by atoms with van der Waals surface area (Å²) in [7, 11) is -4.02. The number of benzene rings is 4. The molecular weight excluding hydrogens is 396 g/mol. The minimum Gasteiger partial charge on any atom is -0.326 e. The van der Waals surface area contributed by atoms with Crippen molar-refractivity contribution in [3.63, 3.8) is 0 Å². The van der Waals surface area contributed by atoms with Crippen LogP contribution in [-0.2, 0) is 10.0 Å². The lowest BCUT2D eigenvalue weighted by atomic mass is 9.99. The minimum atomic E-state index is -4.02. The van der Waals surface area contributed by atoms with Crippen LogP contribution in [0.5, 0.6) is 0 Å². The molecular formula is C24H20N2O3S. The third kappa shape index (κ3) is 4.34. The predicted molar refractivity (Wildman–Crippen MR) is 118 cm³/mol. The number of carbonyl (C=O) groups excluding carboxylic acids is 1. The molecule has 0 radical (unpaired) electrons. The van der Waals surface area contributed by atoms with Gasteiger partial charge in [0.2, 0.25) is 0 Å². The van der Waals surface area contributed by atoms with Crippen molar-refractivity contribution in [1.29, 1.82) is 0 Å². The molecule has 0 aliphatic carbocycles. The third-order valence-electron chi connectivity index (χ3n) is 4.80. The van der Waals surface area contributed by atoms with E-state index in [0.29, 0.717) is 0 Å². The molecule has 0 atom stereocenters. The SMILES string of the molecule is O=C(NC(c1ccccc1)c1ccccc1)NS(=O)(=O)c1ccc2ccccc2c1. The summed E-state index contributed by atoms with van der Waals surface area (Å²) in [5.74, 6) is 0. The molecule has 30 heavy (non-hydrogen) atoms. The van der Waals surface area contributed by atoms with E-state index in [2.05, 4.69) is 10.0 Å². The van der Waals surface area contributed by atoms with Gasteiger partial charge in [0.05, 0.1) is 10.9 Å². The van der Waals surface area contributed by atoms with Crippen molar-refractivity contribution in [2.24, 2.45) is 0 Å². The highest BCUT2D eigenvalue weighted by atomic mass is 32.2. The molecule has 5 nitrogen and oxygen atoms in total. The fourth-order valence-electron chi connectivity index (χ4n) is 3.33. The quantitative estimate of drug-likeness (QED) is 0.499. The van der Waals surface area contributed by atoms with E-state index in [1.165, 1.54) is 6.07 Å². The van der Waals surface area contributed by atoms with Gasteiger partial charge in [-0.2, -0.15) is 0 Å². The Labute approximate surface area is 175 Å². The molecule has 0 saturated carbocycles. The molecule has 0 spiro atoms. The average Bonchev–Trinajstić information content (AvgIpc) is 2.78. The number of urea groups is 1. The monoisotopic (exact) mass is 416 g/mol. The van der Waals surface area contributed by atoms with Gasteiger partial charge >= 0.3 is 6.03 Å². The molecule has 2 amide bonds. The lowest BCUT2D eigenvalue weighted by Gasteiger charge is -2.20. The van der Waals surface area contributed by atoms with Crippen molar-refractivity contribution >= 4 is 26.8 Å². The Morgan fingerprint density at radius 2 is 1.20 bits per heavy atom. The zero-order valence-corrected chi connectivity index (χ0v) is 16.8. The molecule has 4 rings (SSSR count). The Morgan fingerprint density at radius 3 is 1.80 bits per heavy atom. The van der Waals surface area contributed by atoms with Crippen molar-refractivity contribution in [3.05, 3.63) is 114 Å². The maximum absolute atomic E-state index is 12.8. The second-order valence-electron chi connectivity index (χ2n) is 6.84. The second kappa shape index (κ2) is 8.39. The number of nitrogens with one attached hydrogen (secondary N) is 2. The molecule has 0 aliphatic rings.